The van der Waals surface area contributed by atoms with E-state index in [-0.39, 0.29) is 0 Å². The fourth-order valence-electron chi connectivity index (χ4n) is 1.42. The molecule has 72 valence electrons. The van der Waals surface area contributed by atoms with E-state index in [0.717, 1.165) is 17.2 Å². The van der Waals surface area contributed by atoms with E-state index in [1.165, 1.54) is 0 Å². The highest BCUT2D eigenvalue weighted by molar-refractivity contribution is 5.35. The quantitative estimate of drug-likeness (QED) is 0.737. The first-order valence-electron chi connectivity index (χ1n) is 4.43. The van der Waals surface area contributed by atoms with Crippen molar-refractivity contribution in [1.82, 2.24) is 14.8 Å². The fraction of sp³-hybridized carbons (Fsp3) is 0.200. The first kappa shape index (κ1) is 8.74. The van der Waals surface area contributed by atoms with Crippen LogP contribution in [0.4, 0.5) is 5.82 Å². The summed E-state index contributed by atoms with van der Waals surface area (Å²) in [6.07, 6.45) is 0. The molecular weight excluding hydrogens is 176 g/mol. The van der Waals surface area contributed by atoms with Crippen LogP contribution in [0.25, 0.3) is 5.82 Å². The summed E-state index contributed by atoms with van der Waals surface area (Å²) >= 11 is 0. The summed E-state index contributed by atoms with van der Waals surface area (Å²) in [6.45, 7) is 3.95. The molecule has 0 unspecified atom stereocenters. The molecule has 14 heavy (non-hydrogen) atoms. The molecule has 0 aliphatic rings. The van der Waals surface area contributed by atoms with Crippen molar-refractivity contribution in [1.29, 1.82) is 0 Å². The Labute approximate surface area is 82.4 Å². The molecule has 0 amide bonds. The molecule has 2 aromatic heterocycles. The number of aryl methyl sites for hydroxylation is 2. The molecule has 0 atom stereocenters. The van der Waals surface area contributed by atoms with Gasteiger partial charge in [-0.1, -0.05) is 6.07 Å². The van der Waals surface area contributed by atoms with Crippen LogP contribution in [0.2, 0.25) is 0 Å². The van der Waals surface area contributed by atoms with Gasteiger partial charge in [0.15, 0.2) is 5.82 Å². The predicted octanol–water partition coefficient (Wildman–Crippen LogP) is 1.47. The molecule has 0 saturated heterocycles. The number of hydrogen-bond donors (Lipinski definition) is 1. The van der Waals surface area contributed by atoms with Crippen LogP contribution >= 0.6 is 0 Å². The standard InChI is InChI=1S/C10H12N4/c1-7-6-8(2)14(13-7)10-5-3-4-9(11)12-10/h3-6H,1-2H3,(H2,11,12). The van der Waals surface area contributed by atoms with E-state index in [1.54, 1.807) is 10.7 Å². The summed E-state index contributed by atoms with van der Waals surface area (Å²) < 4.78 is 1.78. The second-order valence-corrected chi connectivity index (χ2v) is 3.26. The van der Waals surface area contributed by atoms with Crippen LogP contribution in [0.3, 0.4) is 0 Å². The molecular formula is C10H12N4. The molecule has 4 nitrogen and oxygen atoms in total. The monoisotopic (exact) mass is 188 g/mol. The minimum atomic E-state index is 0.509. The van der Waals surface area contributed by atoms with Gasteiger partial charge in [-0.15, -0.1) is 0 Å². The number of hydrogen-bond acceptors (Lipinski definition) is 3. The van der Waals surface area contributed by atoms with E-state index >= 15 is 0 Å². The average Bonchev–Trinajstić information content (AvgIpc) is 2.45. The largest absolute Gasteiger partial charge is 0.384 e. The summed E-state index contributed by atoms with van der Waals surface area (Å²) in [4.78, 5) is 4.20. The molecule has 0 aromatic carbocycles. The van der Waals surface area contributed by atoms with Crippen LogP contribution in [0, 0.1) is 13.8 Å². The Morgan fingerprint density at radius 3 is 2.64 bits per heavy atom. The highest BCUT2D eigenvalue weighted by atomic mass is 15.3. The first-order chi connectivity index (χ1) is 6.66. The second kappa shape index (κ2) is 3.14. The zero-order chi connectivity index (χ0) is 10.1. The molecule has 0 saturated carbocycles. The van der Waals surface area contributed by atoms with Crippen molar-refractivity contribution >= 4 is 5.82 Å². The average molecular weight is 188 g/mol. The van der Waals surface area contributed by atoms with E-state index in [9.17, 15) is 0 Å². The molecule has 0 bridgehead atoms. The zero-order valence-corrected chi connectivity index (χ0v) is 8.23. The Bertz CT molecular complexity index is 459. The van der Waals surface area contributed by atoms with Gasteiger partial charge in [-0.25, -0.2) is 9.67 Å². The van der Waals surface area contributed by atoms with E-state index in [2.05, 4.69) is 10.1 Å². The third kappa shape index (κ3) is 1.46. The van der Waals surface area contributed by atoms with Crippen molar-refractivity contribution in [3.63, 3.8) is 0 Å². The maximum absolute atomic E-state index is 5.60. The van der Waals surface area contributed by atoms with Crippen molar-refractivity contribution in [2.75, 3.05) is 5.73 Å². The van der Waals surface area contributed by atoms with Crippen molar-refractivity contribution in [3.05, 3.63) is 35.7 Å². The maximum atomic E-state index is 5.60. The molecule has 0 fully saturated rings. The molecule has 0 aliphatic heterocycles. The van der Waals surface area contributed by atoms with Crippen LogP contribution in [0.15, 0.2) is 24.3 Å². The smallest absolute Gasteiger partial charge is 0.156 e. The van der Waals surface area contributed by atoms with Gasteiger partial charge in [0.05, 0.1) is 5.69 Å². The Balaban J connectivity index is 2.54. The van der Waals surface area contributed by atoms with Crippen molar-refractivity contribution in [2.24, 2.45) is 0 Å². The van der Waals surface area contributed by atoms with E-state index in [0.29, 0.717) is 5.82 Å². The fourth-order valence-corrected chi connectivity index (χ4v) is 1.42. The lowest BCUT2D eigenvalue weighted by molar-refractivity contribution is 0.808. The molecule has 2 rings (SSSR count). The van der Waals surface area contributed by atoms with Gasteiger partial charge >= 0.3 is 0 Å². The molecule has 0 radical (unpaired) electrons. The van der Waals surface area contributed by atoms with Gasteiger partial charge in [-0.2, -0.15) is 5.10 Å². The molecule has 0 spiro atoms. The highest BCUT2D eigenvalue weighted by Gasteiger charge is 2.04. The normalized spacial score (nSPS) is 10.4. The maximum Gasteiger partial charge on any atom is 0.156 e. The second-order valence-electron chi connectivity index (χ2n) is 3.26. The Morgan fingerprint density at radius 2 is 2.07 bits per heavy atom. The molecule has 4 heteroatoms. The van der Waals surface area contributed by atoms with Crippen LogP contribution in [0.5, 0.6) is 0 Å². The van der Waals surface area contributed by atoms with Crippen molar-refractivity contribution in [2.45, 2.75) is 13.8 Å². The third-order valence-corrected chi connectivity index (χ3v) is 1.98. The number of anilines is 1. The first-order valence-corrected chi connectivity index (χ1v) is 4.43. The summed E-state index contributed by atoms with van der Waals surface area (Å²) in [5.41, 5.74) is 7.64. The lowest BCUT2D eigenvalue weighted by atomic mass is 10.4. The highest BCUT2D eigenvalue weighted by Crippen LogP contribution is 2.10. The third-order valence-electron chi connectivity index (χ3n) is 1.98. The van der Waals surface area contributed by atoms with Gasteiger partial charge < -0.3 is 5.73 Å². The van der Waals surface area contributed by atoms with Crippen LogP contribution < -0.4 is 5.73 Å². The van der Waals surface area contributed by atoms with Gasteiger partial charge in [0.2, 0.25) is 0 Å². The van der Waals surface area contributed by atoms with Crippen molar-refractivity contribution < 1.29 is 0 Å². The number of nitrogens with two attached hydrogens (primary N) is 1. The SMILES string of the molecule is Cc1cc(C)n(-c2cccc(N)n2)n1. The molecule has 2 heterocycles. The van der Waals surface area contributed by atoms with Gasteiger partial charge in [0, 0.05) is 5.69 Å². The summed E-state index contributed by atoms with van der Waals surface area (Å²) in [5, 5.41) is 4.32. The number of nitrogens with zero attached hydrogens (tertiary/aromatic N) is 3. The molecule has 0 aliphatic carbocycles. The minimum Gasteiger partial charge on any atom is -0.384 e. The van der Waals surface area contributed by atoms with E-state index in [4.69, 9.17) is 5.73 Å². The van der Waals surface area contributed by atoms with Crippen LogP contribution in [-0.4, -0.2) is 14.8 Å². The topological polar surface area (TPSA) is 56.7 Å². The van der Waals surface area contributed by atoms with Gasteiger partial charge in [-0.3, -0.25) is 0 Å². The van der Waals surface area contributed by atoms with Crippen LogP contribution in [-0.2, 0) is 0 Å². The van der Waals surface area contributed by atoms with Gasteiger partial charge in [0.1, 0.15) is 5.82 Å². The van der Waals surface area contributed by atoms with Crippen molar-refractivity contribution in [3.8, 4) is 5.82 Å². The van der Waals surface area contributed by atoms with E-state index in [1.807, 2.05) is 32.0 Å². The van der Waals surface area contributed by atoms with Gasteiger partial charge in [-0.05, 0) is 32.0 Å². The lowest BCUT2D eigenvalue weighted by Crippen LogP contribution is -2.03. The predicted molar refractivity (Wildman–Crippen MR) is 55.2 cm³/mol. The molecule has 2 aromatic rings. The number of rotatable bonds is 1. The Morgan fingerprint density at radius 1 is 1.29 bits per heavy atom. The Hall–Kier alpha value is -1.84. The number of aromatic nitrogens is 3. The van der Waals surface area contributed by atoms with Crippen LogP contribution in [0.1, 0.15) is 11.4 Å². The zero-order valence-electron chi connectivity index (χ0n) is 8.23. The number of nitrogen functional groups attached to an aromatic ring is 1. The van der Waals surface area contributed by atoms with Gasteiger partial charge in [0.25, 0.3) is 0 Å². The van der Waals surface area contributed by atoms with E-state index < -0.39 is 0 Å². The molecule has 2 N–H and O–H groups in total. The number of pyridine rings is 1. The Kier molecular flexibility index (Phi) is 1.96. The summed E-state index contributed by atoms with van der Waals surface area (Å²) in [5.74, 6) is 1.27. The summed E-state index contributed by atoms with van der Waals surface area (Å²) in [7, 11) is 0. The minimum absolute atomic E-state index is 0.509. The lowest BCUT2D eigenvalue weighted by Gasteiger charge is -2.03. The summed E-state index contributed by atoms with van der Waals surface area (Å²) in [6, 6.07) is 7.52.